The molecule has 1 atom stereocenters. The van der Waals surface area contributed by atoms with Crippen LogP contribution in [0.5, 0.6) is 0 Å². The Labute approximate surface area is 144 Å². The van der Waals surface area contributed by atoms with Gasteiger partial charge in [-0.05, 0) is 30.9 Å². The maximum absolute atomic E-state index is 13.6. The molecule has 0 spiro atoms. The predicted molar refractivity (Wildman–Crippen MR) is 87.9 cm³/mol. The minimum absolute atomic E-state index is 0.0124. The van der Waals surface area contributed by atoms with E-state index in [2.05, 4.69) is 4.72 Å². The molecule has 5 nitrogen and oxygen atoms in total. The van der Waals surface area contributed by atoms with Gasteiger partial charge in [-0.3, -0.25) is 4.79 Å². The number of hydrogen-bond donors (Lipinski definition) is 1. The van der Waals surface area contributed by atoms with Crippen molar-refractivity contribution >= 4 is 39.1 Å². The second kappa shape index (κ2) is 7.34. The Morgan fingerprint density at radius 1 is 1.39 bits per heavy atom. The van der Waals surface area contributed by atoms with E-state index in [1.807, 2.05) is 0 Å². The molecule has 0 aliphatic carbocycles. The highest BCUT2D eigenvalue weighted by Gasteiger charge is 2.26. The molecule has 0 saturated carbocycles. The first-order valence-corrected chi connectivity index (χ1v) is 9.70. The first kappa shape index (κ1) is 18.4. The molecule has 128 valence electrons. The van der Waals surface area contributed by atoms with E-state index in [0.29, 0.717) is 13.1 Å². The van der Waals surface area contributed by atoms with Crippen molar-refractivity contribution in [2.75, 3.05) is 25.9 Å². The SMILES string of the molecule is CS(=O)(=O)NCC1CCCN(C(=O)c2cc(F)c(Cl)cc2Cl)C1. The third-order valence-corrected chi connectivity index (χ3v) is 4.97. The van der Waals surface area contributed by atoms with Gasteiger partial charge in [-0.1, -0.05) is 23.2 Å². The molecule has 1 amide bonds. The second-order valence-electron chi connectivity index (χ2n) is 5.63. The molecule has 23 heavy (non-hydrogen) atoms. The highest BCUT2D eigenvalue weighted by molar-refractivity contribution is 7.88. The lowest BCUT2D eigenvalue weighted by atomic mass is 9.97. The number of rotatable bonds is 4. The van der Waals surface area contributed by atoms with Crippen LogP contribution in [0.4, 0.5) is 4.39 Å². The molecule has 1 saturated heterocycles. The van der Waals surface area contributed by atoms with Gasteiger partial charge in [0.15, 0.2) is 0 Å². The molecule has 2 rings (SSSR count). The van der Waals surface area contributed by atoms with Crippen LogP contribution < -0.4 is 4.72 Å². The molecule has 1 unspecified atom stereocenters. The smallest absolute Gasteiger partial charge is 0.255 e. The number of amides is 1. The third kappa shape index (κ3) is 5.04. The lowest BCUT2D eigenvalue weighted by Gasteiger charge is -2.33. The predicted octanol–water partition coefficient (Wildman–Crippen LogP) is 2.53. The minimum atomic E-state index is -3.27. The van der Waals surface area contributed by atoms with Gasteiger partial charge >= 0.3 is 0 Å². The van der Waals surface area contributed by atoms with E-state index >= 15 is 0 Å². The average Bonchev–Trinajstić information content (AvgIpc) is 2.48. The van der Waals surface area contributed by atoms with Gasteiger partial charge in [-0.2, -0.15) is 0 Å². The molecule has 1 aromatic carbocycles. The molecule has 1 N–H and O–H groups in total. The summed E-state index contributed by atoms with van der Waals surface area (Å²) in [6.45, 7) is 1.18. The Morgan fingerprint density at radius 2 is 2.09 bits per heavy atom. The Bertz CT molecular complexity index is 712. The quantitative estimate of drug-likeness (QED) is 0.813. The van der Waals surface area contributed by atoms with Crippen LogP contribution in [-0.4, -0.2) is 45.1 Å². The third-order valence-electron chi connectivity index (χ3n) is 3.68. The van der Waals surface area contributed by atoms with E-state index in [0.717, 1.165) is 25.2 Å². The molecule has 0 bridgehead atoms. The number of halogens is 3. The molecule has 1 aliphatic rings. The number of nitrogens with one attached hydrogen (secondary N) is 1. The van der Waals surface area contributed by atoms with Crippen LogP contribution in [0.2, 0.25) is 10.0 Å². The van der Waals surface area contributed by atoms with E-state index in [-0.39, 0.29) is 34.0 Å². The normalized spacial score (nSPS) is 19.0. The lowest BCUT2D eigenvalue weighted by molar-refractivity contribution is 0.0676. The van der Waals surface area contributed by atoms with Gasteiger partial charge in [0.1, 0.15) is 5.82 Å². The topological polar surface area (TPSA) is 66.5 Å². The fraction of sp³-hybridized carbons (Fsp3) is 0.500. The van der Waals surface area contributed by atoms with Crippen LogP contribution in [-0.2, 0) is 10.0 Å². The molecular formula is C14H17Cl2FN2O3S. The summed E-state index contributed by atoms with van der Waals surface area (Å²) in [5, 5.41) is -0.0433. The highest BCUT2D eigenvalue weighted by atomic mass is 35.5. The number of benzene rings is 1. The molecule has 1 heterocycles. The molecule has 1 fully saturated rings. The first-order chi connectivity index (χ1) is 10.7. The maximum atomic E-state index is 13.6. The maximum Gasteiger partial charge on any atom is 0.255 e. The molecule has 0 aromatic heterocycles. The van der Waals surface area contributed by atoms with Crippen LogP contribution in [0.1, 0.15) is 23.2 Å². The van der Waals surface area contributed by atoms with Gasteiger partial charge in [0.05, 0.1) is 21.9 Å². The average molecular weight is 383 g/mol. The van der Waals surface area contributed by atoms with E-state index in [9.17, 15) is 17.6 Å². The van der Waals surface area contributed by atoms with Crippen molar-refractivity contribution in [2.24, 2.45) is 5.92 Å². The van der Waals surface area contributed by atoms with Crippen molar-refractivity contribution in [3.8, 4) is 0 Å². The Hall–Kier alpha value is -0.890. The number of nitrogens with zero attached hydrogens (tertiary/aromatic N) is 1. The van der Waals surface area contributed by atoms with Gasteiger partial charge in [0.25, 0.3) is 5.91 Å². The largest absolute Gasteiger partial charge is 0.338 e. The van der Waals surface area contributed by atoms with Gasteiger partial charge in [-0.25, -0.2) is 17.5 Å². The Kier molecular flexibility index (Phi) is 5.89. The van der Waals surface area contributed by atoms with E-state index in [1.165, 1.54) is 6.07 Å². The van der Waals surface area contributed by atoms with Gasteiger partial charge in [0, 0.05) is 19.6 Å². The summed E-state index contributed by atoms with van der Waals surface area (Å²) in [5.74, 6) is -1.07. The number of carbonyl (C=O) groups is 1. The second-order valence-corrected chi connectivity index (χ2v) is 8.27. The van der Waals surface area contributed by atoms with Crippen molar-refractivity contribution in [1.82, 2.24) is 9.62 Å². The van der Waals surface area contributed by atoms with Gasteiger partial charge in [0.2, 0.25) is 10.0 Å². The number of carbonyl (C=O) groups excluding carboxylic acids is 1. The highest BCUT2D eigenvalue weighted by Crippen LogP contribution is 2.27. The number of likely N-dealkylation sites (tertiary alicyclic amines) is 1. The monoisotopic (exact) mass is 382 g/mol. The zero-order valence-corrected chi connectivity index (χ0v) is 14.8. The van der Waals surface area contributed by atoms with Crippen LogP contribution in [0.25, 0.3) is 0 Å². The Morgan fingerprint density at radius 3 is 2.74 bits per heavy atom. The number of sulfonamides is 1. The van der Waals surface area contributed by atoms with Crippen LogP contribution in [0.3, 0.4) is 0 Å². The first-order valence-electron chi connectivity index (χ1n) is 7.06. The van der Waals surface area contributed by atoms with E-state index in [1.54, 1.807) is 4.90 Å². The van der Waals surface area contributed by atoms with Crippen molar-refractivity contribution in [2.45, 2.75) is 12.8 Å². The van der Waals surface area contributed by atoms with Crippen LogP contribution >= 0.6 is 23.2 Å². The summed E-state index contributed by atoms with van der Waals surface area (Å²) in [4.78, 5) is 14.1. The standard InChI is InChI=1S/C14H17Cl2FN2O3S/c1-23(21,22)18-7-9-3-2-4-19(8-9)14(20)10-5-13(17)12(16)6-11(10)15/h5-6,9,18H,2-4,7-8H2,1H3. The van der Waals surface area contributed by atoms with E-state index in [4.69, 9.17) is 23.2 Å². The van der Waals surface area contributed by atoms with Crippen LogP contribution in [0.15, 0.2) is 12.1 Å². The molecular weight excluding hydrogens is 366 g/mol. The molecule has 0 radical (unpaired) electrons. The zero-order chi connectivity index (χ0) is 17.2. The summed E-state index contributed by atoms with van der Waals surface area (Å²) < 4.78 is 38.4. The number of hydrogen-bond acceptors (Lipinski definition) is 3. The summed E-state index contributed by atoms with van der Waals surface area (Å²) in [6.07, 6.45) is 2.65. The van der Waals surface area contributed by atoms with Crippen molar-refractivity contribution in [1.29, 1.82) is 0 Å². The zero-order valence-electron chi connectivity index (χ0n) is 12.5. The fourth-order valence-electron chi connectivity index (χ4n) is 2.54. The van der Waals surface area contributed by atoms with Gasteiger partial charge < -0.3 is 4.90 Å². The van der Waals surface area contributed by atoms with Gasteiger partial charge in [-0.15, -0.1) is 0 Å². The molecule has 9 heteroatoms. The fourth-order valence-corrected chi connectivity index (χ4v) is 3.54. The summed E-state index contributed by atoms with van der Waals surface area (Å²) in [6, 6.07) is 2.24. The molecule has 1 aromatic rings. The van der Waals surface area contributed by atoms with Crippen LogP contribution in [0, 0.1) is 11.7 Å². The van der Waals surface area contributed by atoms with Crippen molar-refractivity contribution in [3.05, 3.63) is 33.6 Å². The molecule has 1 aliphatic heterocycles. The summed E-state index contributed by atoms with van der Waals surface area (Å²) in [5.41, 5.74) is 0.0605. The lowest BCUT2D eigenvalue weighted by Crippen LogP contribution is -2.43. The summed E-state index contributed by atoms with van der Waals surface area (Å²) >= 11 is 11.6. The number of piperidine rings is 1. The summed E-state index contributed by atoms with van der Waals surface area (Å²) in [7, 11) is -3.27. The minimum Gasteiger partial charge on any atom is -0.338 e. The Balaban J connectivity index is 2.09. The van der Waals surface area contributed by atoms with Crippen molar-refractivity contribution in [3.63, 3.8) is 0 Å². The van der Waals surface area contributed by atoms with E-state index < -0.39 is 15.8 Å². The van der Waals surface area contributed by atoms with Crippen molar-refractivity contribution < 1.29 is 17.6 Å².